The predicted octanol–water partition coefficient (Wildman–Crippen LogP) is 1.84. The van der Waals surface area contributed by atoms with Crippen LogP contribution in [0.1, 0.15) is 10.4 Å². The van der Waals surface area contributed by atoms with Gasteiger partial charge in [-0.25, -0.2) is 8.42 Å². The first-order valence-electron chi connectivity index (χ1n) is 8.01. The molecule has 132 valence electrons. The van der Waals surface area contributed by atoms with Crippen molar-refractivity contribution in [2.75, 3.05) is 33.3 Å². The Bertz CT molecular complexity index is 844. The molecular weight excluding hydrogens is 340 g/mol. The van der Waals surface area contributed by atoms with Crippen LogP contribution in [-0.2, 0) is 10.0 Å². The van der Waals surface area contributed by atoms with E-state index >= 15 is 0 Å². The molecule has 2 aromatic carbocycles. The highest BCUT2D eigenvalue weighted by atomic mass is 32.2. The monoisotopic (exact) mass is 360 g/mol. The van der Waals surface area contributed by atoms with Crippen LogP contribution in [0.4, 0.5) is 0 Å². The Kier molecular flexibility index (Phi) is 5.06. The molecule has 6 nitrogen and oxygen atoms in total. The maximum absolute atomic E-state index is 12.8. The van der Waals surface area contributed by atoms with Crippen LogP contribution >= 0.6 is 0 Å². The zero-order chi connectivity index (χ0) is 17.9. The average molecular weight is 360 g/mol. The fourth-order valence-electron chi connectivity index (χ4n) is 2.81. The van der Waals surface area contributed by atoms with Gasteiger partial charge in [-0.3, -0.25) is 4.79 Å². The number of carbonyl (C=O) groups excluding carboxylic acids is 1. The first kappa shape index (κ1) is 17.4. The number of benzene rings is 2. The number of rotatable bonds is 4. The Morgan fingerprint density at radius 2 is 1.64 bits per heavy atom. The van der Waals surface area contributed by atoms with Gasteiger partial charge in [0.25, 0.3) is 5.91 Å². The largest absolute Gasteiger partial charge is 0.497 e. The van der Waals surface area contributed by atoms with Gasteiger partial charge in [-0.1, -0.05) is 24.3 Å². The minimum absolute atomic E-state index is 0.0703. The molecule has 7 heteroatoms. The summed E-state index contributed by atoms with van der Waals surface area (Å²) >= 11 is 0. The number of piperazine rings is 1. The first-order chi connectivity index (χ1) is 12.0. The Hall–Kier alpha value is -2.38. The highest BCUT2D eigenvalue weighted by Crippen LogP contribution is 2.22. The average Bonchev–Trinajstić information content (AvgIpc) is 2.68. The molecule has 1 amide bonds. The van der Waals surface area contributed by atoms with Gasteiger partial charge < -0.3 is 9.64 Å². The molecule has 0 spiro atoms. The highest BCUT2D eigenvalue weighted by molar-refractivity contribution is 7.89. The van der Waals surface area contributed by atoms with Crippen LogP contribution in [0.5, 0.6) is 5.75 Å². The summed E-state index contributed by atoms with van der Waals surface area (Å²) in [5.74, 6) is 0.429. The summed E-state index contributed by atoms with van der Waals surface area (Å²) < 4.78 is 32.0. The smallest absolute Gasteiger partial charge is 0.253 e. The second-order valence-corrected chi connectivity index (χ2v) is 7.68. The summed E-state index contributed by atoms with van der Waals surface area (Å²) in [6.45, 7) is 1.30. The molecule has 25 heavy (non-hydrogen) atoms. The molecular formula is C18H20N2O4S. The molecule has 0 aliphatic carbocycles. The van der Waals surface area contributed by atoms with E-state index in [4.69, 9.17) is 4.74 Å². The summed E-state index contributed by atoms with van der Waals surface area (Å²) in [5.41, 5.74) is 0.617. The maximum Gasteiger partial charge on any atom is 0.253 e. The molecule has 0 radical (unpaired) electrons. The van der Waals surface area contributed by atoms with E-state index in [1.807, 2.05) is 18.2 Å². The van der Waals surface area contributed by atoms with E-state index in [0.29, 0.717) is 24.4 Å². The van der Waals surface area contributed by atoms with Crippen molar-refractivity contribution >= 4 is 15.9 Å². The molecule has 1 saturated heterocycles. The van der Waals surface area contributed by atoms with Crippen LogP contribution < -0.4 is 4.74 Å². The molecule has 0 aromatic heterocycles. The number of amides is 1. The van der Waals surface area contributed by atoms with Gasteiger partial charge in [0, 0.05) is 37.8 Å². The fraction of sp³-hybridized carbons (Fsp3) is 0.278. The lowest BCUT2D eigenvalue weighted by atomic mass is 10.2. The lowest BCUT2D eigenvalue weighted by Gasteiger charge is -2.34. The third kappa shape index (κ3) is 3.67. The molecule has 1 aliphatic rings. The van der Waals surface area contributed by atoms with Crippen molar-refractivity contribution in [2.45, 2.75) is 4.90 Å². The standard InChI is InChI=1S/C18H20N2O4S/c1-24-16-8-5-9-17(14-16)25(22,23)20-12-10-19(11-13-20)18(21)15-6-3-2-4-7-15/h2-9,14H,10-13H2,1H3. The van der Waals surface area contributed by atoms with Crippen LogP contribution in [0.2, 0.25) is 0 Å². The first-order valence-corrected chi connectivity index (χ1v) is 9.45. The summed E-state index contributed by atoms with van der Waals surface area (Å²) in [6.07, 6.45) is 0. The second-order valence-electron chi connectivity index (χ2n) is 5.74. The van der Waals surface area contributed by atoms with E-state index in [9.17, 15) is 13.2 Å². The third-order valence-electron chi connectivity index (χ3n) is 4.23. The van der Waals surface area contributed by atoms with E-state index in [1.165, 1.54) is 17.5 Å². The molecule has 0 unspecified atom stereocenters. The molecule has 1 heterocycles. The molecule has 0 bridgehead atoms. The van der Waals surface area contributed by atoms with E-state index in [0.717, 1.165) is 0 Å². The highest BCUT2D eigenvalue weighted by Gasteiger charge is 2.30. The summed E-state index contributed by atoms with van der Waals surface area (Å²) in [5, 5.41) is 0. The van der Waals surface area contributed by atoms with E-state index < -0.39 is 10.0 Å². The number of ether oxygens (including phenoxy) is 1. The van der Waals surface area contributed by atoms with Gasteiger partial charge in [0.15, 0.2) is 0 Å². The topological polar surface area (TPSA) is 66.9 Å². The fourth-order valence-corrected chi connectivity index (χ4v) is 4.26. The molecule has 0 N–H and O–H groups in total. The van der Waals surface area contributed by atoms with Gasteiger partial charge in [0.2, 0.25) is 10.0 Å². The van der Waals surface area contributed by atoms with Crippen molar-refractivity contribution in [1.29, 1.82) is 0 Å². The number of nitrogens with zero attached hydrogens (tertiary/aromatic N) is 2. The Morgan fingerprint density at radius 3 is 2.28 bits per heavy atom. The lowest BCUT2D eigenvalue weighted by Crippen LogP contribution is -2.50. The predicted molar refractivity (Wildman–Crippen MR) is 94.1 cm³/mol. The molecule has 0 saturated carbocycles. The molecule has 3 rings (SSSR count). The summed E-state index contributed by atoms with van der Waals surface area (Å²) in [4.78, 5) is 14.3. The molecule has 1 fully saturated rings. The normalized spacial score (nSPS) is 15.8. The van der Waals surface area contributed by atoms with Crippen molar-refractivity contribution in [3.8, 4) is 5.75 Å². The molecule has 2 aromatic rings. The van der Waals surface area contributed by atoms with Crippen LogP contribution in [0.3, 0.4) is 0 Å². The number of hydrogen-bond acceptors (Lipinski definition) is 4. The zero-order valence-electron chi connectivity index (χ0n) is 14.0. The van der Waals surface area contributed by atoms with Crippen LogP contribution in [-0.4, -0.2) is 56.8 Å². The number of sulfonamides is 1. The van der Waals surface area contributed by atoms with Gasteiger partial charge >= 0.3 is 0 Å². The minimum Gasteiger partial charge on any atom is -0.497 e. The second kappa shape index (κ2) is 7.25. The van der Waals surface area contributed by atoms with Crippen molar-refractivity contribution < 1.29 is 17.9 Å². The van der Waals surface area contributed by atoms with Crippen molar-refractivity contribution in [2.24, 2.45) is 0 Å². The molecule has 0 atom stereocenters. The SMILES string of the molecule is COc1cccc(S(=O)(=O)N2CCN(C(=O)c3ccccc3)CC2)c1. The summed E-state index contributed by atoms with van der Waals surface area (Å²) in [6, 6.07) is 15.4. The lowest BCUT2D eigenvalue weighted by molar-refractivity contribution is 0.0698. The van der Waals surface area contributed by atoms with E-state index in [2.05, 4.69) is 0 Å². The van der Waals surface area contributed by atoms with Crippen LogP contribution in [0.25, 0.3) is 0 Å². The van der Waals surface area contributed by atoms with Crippen molar-refractivity contribution in [3.63, 3.8) is 0 Å². The van der Waals surface area contributed by atoms with Gasteiger partial charge in [-0.15, -0.1) is 0 Å². The Morgan fingerprint density at radius 1 is 0.960 bits per heavy atom. The number of hydrogen-bond donors (Lipinski definition) is 0. The Balaban J connectivity index is 1.70. The molecule has 1 aliphatic heterocycles. The maximum atomic E-state index is 12.8. The van der Waals surface area contributed by atoms with Crippen LogP contribution in [0, 0.1) is 0 Å². The van der Waals surface area contributed by atoms with Crippen molar-refractivity contribution in [3.05, 3.63) is 60.2 Å². The Labute approximate surface area is 147 Å². The van der Waals surface area contributed by atoms with Gasteiger partial charge in [-0.05, 0) is 24.3 Å². The van der Waals surface area contributed by atoms with Gasteiger partial charge in [0.1, 0.15) is 5.75 Å². The third-order valence-corrected chi connectivity index (χ3v) is 6.12. The van der Waals surface area contributed by atoms with E-state index in [1.54, 1.807) is 35.2 Å². The van der Waals surface area contributed by atoms with Gasteiger partial charge in [0.05, 0.1) is 12.0 Å². The summed E-state index contributed by atoms with van der Waals surface area (Å²) in [7, 11) is -2.09. The minimum atomic E-state index is -3.59. The van der Waals surface area contributed by atoms with E-state index in [-0.39, 0.29) is 23.9 Å². The number of carbonyl (C=O) groups is 1. The quantitative estimate of drug-likeness (QED) is 0.834. The van der Waals surface area contributed by atoms with Crippen LogP contribution in [0.15, 0.2) is 59.5 Å². The van der Waals surface area contributed by atoms with Gasteiger partial charge in [-0.2, -0.15) is 4.31 Å². The van der Waals surface area contributed by atoms with Crippen molar-refractivity contribution in [1.82, 2.24) is 9.21 Å². The number of methoxy groups -OCH3 is 1. The zero-order valence-corrected chi connectivity index (χ0v) is 14.8.